The Kier molecular flexibility index (Phi) is 2.86. The van der Waals surface area contributed by atoms with E-state index in [4.69, 9.17) is 9.47 Å². The van der Waals surface area contributed by atoms with Gasteiger partial charge in [0.05, 0.1) is 12.7 Å². The Bertz CT molecular complexity index is 1040. The number of rotatable bonds is 3. The molecule has 0 N–H and O–H groups in total. The number of methoxy groups -OCH3 is 1. The first kappa shape index (κ1) is 16.5. The summed E-state index contributed by atoms with van der Waals surface area (Å²) in [6.07, 6.45) is 10.3. The summed E-state index contributed by atoms with van der Waals surface area (Å²) in [6.45, 7) is 0. The van der Waals surface area contributed by atoms with E-state index in [9.17, 15) is 4.79 Å². The SMILES string of the molecule is COC1=C2C[C@H]3C(OC(=O)c4ccccc4)=CC45C[C@]36C2C(C=C1)C[C@H]([C@H]46)N5C. The van der Waals surface area contributed by atoms with Crippen molar-refractivity contribution in [2.45, 2.75) is 30.8 Å². The molecule has 4 fully saturated rings. The van der Waals surface area contributed by atoms with Crippen LogP contribution in [0.1, 0.15) is 29.6 Å². The highest BCUT2D eigenvalue weighted by molar-refractivity contribution is 5.90. The number of hydrogen-bond donors (Lipinski definition) is 0. The molecule has 1 aliphatic heterocycles. The Morgan fingerprint density at radius 1 is 1.24 bits per heavy atom. The van der Waals surface area contributed by atoms with Crippen LogP contribution in [-0.4, -0.2) is 36.6 Å². The van der Waals surface area contributed by atoms with E-state index >= 15 is 0 Å². The van der Waals surface area contributed by atoms with Crippen LogP contribution in [0.15, 0.2) is 65.7 Å². The van der Waals surface area contributed by atoms with Crippen LogP contribution in [0, 0.1) is 29.1 Å². The molecule has 29 heavy (non-hydrogen) atoms. The summed E-state index contributed by atoms with van der Waals surface area (Å²) in [6, 6.07) is 10.0. The zero-order valence-electron chi connectivity index (χ0n) is 16.8. The van der Waals surface area contributed by atoms with Crippen molar-refractivity contribution in [2.24, 2.45) is 29.1 Å². The van der Waals surface area contributed by atoms with Gasteiger partial charge in [-0.3, -0.25) is 4.90 Å². The predicted octanol–water partition coefficient (Wildman–Crippen LogP) is 3.93. The first-order chi connectivity index (χ1) is 14.1. The first-order valence-corrected chi connectivity index (χ1v) is 10.8. The van der Waals surface area contributed by atoms with Gasteiger partial charge in [-0.2, -0.15) is 0 Å². The number of carbonyl (C=O) groups is 1. The van der Waals surface area contributed by atoms with E-state index in [0.717, 1.165) is 17.9 Å². The van der Waals surface area contributed by atoms with Gasteiger partial charge < -0.3 is 9.47 Å². The quantitative estimate of drug-likeness (QED) is 0.737. The first-order valence-electron chi connectivity index (χ1n) is 10.8. The van der Waals surface area contributed by atoms with Crippen LogP contribution in [0.5, 0.6) is 0 Å². The monoisotopic (exact) mass is 387 g/mol. The molecule has 3 unspecified atom stereocenters. The van der Waals surface area contributed by atoms with Gasteiger partial charge in [0.1, 0.15) is 11.5 Å². The summed E-state index contributed by atoms with van der Waals surface area (Å²) in [5.74, 6) is 3.85. The van der Waals surface area contributed by atoms with Crippen molar-refractivity contribution < 1.29 is 14.3 Å². The van der Waals surface area contributed by atoms with E-state index in [1.165, 1.54) is 18.4 Å². The van der Waals surface area contributed by atoms with Crippen LogP contribution < -0.4 is 0 Å². The minimum atomic E-state index is -0.234. The third-order valence-electron chi connectivity index (χ3n) is 9.20. The van der Waals surface area contributed by atoms with Gasteiger partial charge in [0.2, 0.25) is 0 Å². The average molecular weight is 387 g/mol. The second-order valence-electron chi connectivity index (χ2n) is 9.83. The van der Waals surface area contributed by atoms with Gasteiger partial charge in [-0.25, -0.2) is 4.79 Å². The Hall–Kier alpha value is -2.33. The number of piperidine rings is 1. The fourth-order valence-electron chi connectivity index (χ4n) is 8.37. The lowest BCUT2D eigenvalue weighted by atomic mass is 9.30. The fourth-order valence-corrected chi connectivity index (χ4v) is 8.37. The number of esters is 1. The lowest BCUT2D eigenvalue weighted by Crippen LogP contribution is -2.88. The summed E-state index contributed by atoms with van der Waals surface area (Å²) in [5.41, 5.74) is 2.43. The Balaban J connectivity index is 1.34. The van der Waals surface area contributed by atoms with Crippen LogP contribution in [0.25, 0.3) is 0 Å². The lowest BCUT2D eigenvalue weighted by molar-refractivity contribution is -0.313. The molecule has 1 saturated heterocycles. The number of ether oxygens (including phenoxy) is 2. The second-order valence-corrected chi connectivity index (χ2v) is 9.83. The number of allylic oxidation sites excluding steroid dienone is 4. The van der Waals surface area contributed by atoms with E-state index in [2.05, 4.69) is 30.2 Å². The van der Waals surface area contributed by atoms with Crippen molar-refractivity contribution >= 4 is 5.97 Å². The molecule has 0 aromatic heterocycles. The van der Waals surface area contributed by atoms with E-state index in [1.54, 1.807) is 7.11 Å². The van der Waals surface area contributed by atoms with E-state index in [-0.39, 0.29) is 16.9 Å². The van der Waals surface area contributed by atoms with E-state index in [1.807, 2.05) is 30.3 Å². The maximum Gasteiger partial charge on any atom is 0.343 e. The van der Waals surface area contributed by atoms with Crippen LogP contribution in [0.2, 0.25) is 0 Å². The fraction of sp³-hybridized carbons (Fsp3) is 0.480. The molecule has 6 aliphatic carbocycles. The third-order valence-corrected chi connectivity index (χ3v) is 9.20. The largest absolute Gasteiger partial charge is 0.497 e. The number of likely N-dealkylation sites (tertiary alicyclic amines) is 1. The smallest absolute Gasteiger partial charge is 0.343 e. The molecule has 3 saturated carbocycles. The highest BCUT2D eigenvalue weighted by Crippen LogP contribution is 2.83. The molecule has 2 bridgehead atoms. The maximum absolute atomic E-state index is 12.9. The molecular formula is C25H25NO3. The minimum absolute atomic E-state index is 0.0995. The molecule has 7 aliphatic rings. The van der Waals surface area contributed by atoms with Crippen LogP contribution in [0.4, 0.5) is 0 Å². The Labute approximate surface area is 170 Å². The molecule has 0 radical (unpaired) electrons. The number of hydrogen-bond acceptors (Lipinski definition) is 4. The van der Waals surface area contributed by atoms with Gasteiger partial charge in [0.25, 0.3) is 0 Å². The van der Waals surface area contributed by atoms with Crippen molar-refractivity contribution in [1.29, 1.82) is 0 Å². The summed E-state index contributed by atoms with van der Waals surface area (Å²) in [4.78, 5) is 15.5. The van der Waals surface area contributed by atoms with Gasteiger partial charge in [-0.15, -0.1) is 0 Å². The van der Waals surface area contributed by atoms with E-state index < -0.39 is 0 Å². The molecule has 1 aromatic carbocycles. The van der Waals surface area contributed by atoms with Crippen molar-refractivity contribution in [2.75, 3.05) is 14.2 Å². The summed E-state index contributed by atoms with van der Waals surface area (Å²) < 4.78 is 11.9. The van der Waals surface area contributed by atoms with E-state index in [0.29, 0.717) is 35.3 Å². The zero-order chi connectivity index (χ0) is 19.5. The Morgan fingerprint density at radius 2 is 2.07 bits per heavy atom. The van der Waals surface area contributed by atoms with Crippen molar-refractivity contribution in [3.8, 4) is 0 Å². The zero-order valence-corrected chi connectivity index (χ0v) is 16.8. The molecule has 4 nitrogen and oxygen atoms in total. The second kappa shape index (κ2) is 5.04. The number of benzene rings is 1. The van der Waals surface area contributed by atoms with Crippen molar-refractivity contribution in [3.63, 3.8) is 0 Å². The molecule has 0 amide bonds. The van der Waals surface area contributed by atoms with Crippen LogP contribution in [-0.2, 0) is 9.47 Å². The number of nitrogens with zero attached hydrogens (tertiary/aromatic N) is 1. The summed E-state index contributed by atoms with van der Waals surface area (Å²) in [7, 11) is 4.05. The van der Waals surface area contributed by atoms with Crippen LogP contribution in [0.3, 0.4) is 0 Å². The van der Waals surface area contributed by atoms with Gasteiger partial charge >= 0.3 is 5.97 Å². The lowest BCUT2D eigenvalue weighted by Gasteiger charge is -2.83. The molecule has 2 spiro atoms. The standard InChI is InChI=1S/C25H25NO3/c1-26-18-10-15-8-9-19(28-2)16-11-17-20(29-23(27)14-6-4-3-5-7-14)12-24(26)13-25(17,21(15)16)22(18)24/h3-9,12,15,17-18,21-22H,10-11,13H2,1-2H3/t15?,17-,18+,21?,22+,24?,25+/m0/s1. The summed E-state index contributed by atoms with van der Waals surface area (Å²) >= 11 is 0. The molecule has 1 heterocycles. The van der Waals surface area contributed by atoms with Crippen molar-refractivity contribution in [1.82, 2.24) is 4.90 Å². The minimum Gasteiger partial charge on any atom is -0.497 e. The van der Waals surface area contributed by atoms with Crippen LogP contribution >= 0.6 is 0 Å². The molecule has 8 rings (SSSR count). The Morgan fingerprint density at radius 3 is 2.86 bits per heavy atom. The van der Waals surface area contributed by atoms with Crippen molar-refractivity contribution in [3.05, 3.63) is 71.2 Å². The van der Waals surface area contributed by atoms with Gasteiger partial charge in [0.15, 0.2) is 0 Å². The highest BCUT2D eigenvalue weighted by Gasteiger charge is 2.85. The predicted molar refractivity (Wildman–Crippen MR) is 108 cm³/mol. The molecule has 4 heteroatoms. The molecule has 1 aromatic rings. The molecular weight excluding hydrogens is 362 g/mol. The summed E-state index contributed by atoms with van der Waals surface area (Å²) in [5, 5.41) is 0. The van der Waals surface area contributed by atoms with Gasteiger partial charge in [-0.1, -0.05) is 24.3 Å². The molecule has 7 atom stereocenters. The average Bonchev–Trinajstić information content (AvgIpc) is 3.11. The molecule has 148 valence electrons. The normalized spacial score (nSPS) is 45.0. The third kappa shape index (κ3) is 1.64. The topological polar surface area (TPSA) is 38.8 Å². The van der Waals surface area contributed by atoms with Gasteiger partial charge in [0, 0.05) is 23.4 Å². The number of carbonyl (C=O) groups excluding carboxylic acids is 1. The maximum atomic E-state index is 12.9. The van der Waals surface area contributed by atoms with Gasteiger partial charge in [-0.05, 0) is 73.4 Å². The number of likely N-dealkylation sites (N-methyl/N-ethyl adjacent to an activating group) is 1. The highest BCUT2D eigenvalue weighted by atomic mass is 16.5.